The number of amides is 2. The highest BCUT2D eigenvalue weighted by Gasteiger charge is 2.32. The average Bonchev–Trinajstić information content (AvgIpc) is 2.59. The fourth-order valence-electron chi connectivity index (χ4n) is 2.52. The predicted molar refractivity (Wildman–Crippen MR) is 95.2 cm³/mol. The van der Waals surface area contributed by atoms with Gasteiger partial charge in [0.05, 0.1) is 24.3 Å². The molecule has 1 aromatic rings. The zero-order valence-corrected chi connectivity index (χ0v) is 15.2. The summed E-state index contributed by atoms with van der Waals surface area (Å²) in [6, 6.07) is 6.49. The van der Waals surface area contributed by atoms with Crippen molar-refractivity contribution in [2.75, 3.05) is 6.61 Å². The maximum Gasteiger partial charge on any atom is 0.338 e. The standard InChI is InChI=1S/C19H26N2O4/c1-5-11-24-15-9-7-14(8-10-15)17-16(13(4)20-19(23)21-17)18(22)25-12(3)6-2/h7-10,12,17H,5-6,11H2,1-4H3,(H2,20,21,23)/t12-,17-/m1/s1. The summed E-state index contributed by atoms with van der Waals surface area (Å²) >= 11 is 0. The van der Waals surface area contributed by atoms with Gasteiger partial charge in [-0.2, -0.15) is 0 Å². The van der Waals surface area contributed by atoms with Crippen molar-refractivity contribution in [3.05, 3.63) is 41.1 Å². The third-order valence-electron chi connectivity index (χ3n) is 4.06. The van der Waals surface area contributed by atoms with Crippen molar-refractivity contribution < 1.29 is 19.1 Å². The molecule has 1 aliphatic rings. The molecule has 2 amide bonds. The van der Waals surface area contributed by atoms with Crippen LogP contribution in [0.5, 0.6) is 5.75 Å². The molecule has 2 atom stereocenters. The molecule has 0 saturated carbocycles. The van der Waals surface area contributed by atoms with Crippen molar-refractivity contribution in [2.45, 2.75) is 52.7 Å². The van der Waals surface area contributed by atoms with Crippen molar-refractivity contribution in [3.63, 3.8) is 0 Å². The lowest BCUT2D eigenvalue weighted by atomic mass is 9.95. The first-order chi connectivity index (χ1) is 12.0. The van der Waals surface area contributed by atoms with Gasteiger partial charge in [-0.05, 0) is 44.4 Å². The number of allylic oxidation sites excluding steroid dienone is 1. The van der Waals surface area contributed by atoms with E-state index in [2.05, 4.69) is 10.6 Å². The van der Waals surface area contributed by atoms with Gasteiger partial charge < -0.3 is 20.1 Å². The van der Waals surface area contributed by atoms with Crippen LogP contribution in [0.3, 0.4) is 0 Å². The highest BCUT2D eigenvalue weighted by Crippen LogP contribution is 2.29. The zero-order chi connectivity index (χ0) is 18.4. The summed E-state index contributed by atoms with van der Waals surface area (Å²) in [5.41, 5.74) is 1.73. The first-order valence-corrected chi connectivity index (χ1v) is 8.68. The van der Waals surface area contributed by atoms with Gasteiger partial charge in [0.1, 0.15) is 5.75 Å². The van der Waals surface area contributed by atoms with Crippen LogP contribution in [0.2, 0.25) is 0 Å². The van der Waals surface area contributed by atoms with E-state index in [9.17, 15) is 9.59 Å². The van der Waals surface area contributed by atoms with Crippen LogP contribution in [0, 0.1) is 0 Å². The summed E-state index contributed by atoms with van der Waals surface area (Å²) in [7, 11) is 0. The van der Waals surface area contributed by atoms with Gasteiger partial charge in [0, 0.05) is 5.70 Å². The van der Waals surface area contributed by atoms with Crippen LogP contribution in [0.15, 0.2) is 35.5 Å². The monoisotopic (exact) mass is 346 g/mol. The van der Waals surface area contributed by atoms with Crippen molar-refractivity contribution in [1.82, 2.24) is 10.6 Å². The molecule has 0 bridgehead atoms. The van der Waals surface area contributed by atoms with E-state index >= 15 is 0 Å². The van der Waals surface area contributed by atoms with E-state index in [1.165, 1.54) is 0 Å². The molecule has 25 heavy (non-hydrogen) atoms. The lowest BCUT2D eigenvalue weighted by molar-refractivity contribution is -0.144. The smallest absolute Gasteiger partial charge is 0.338 e. The number of hydrogen-bond acceptors (Lipinski definition) is 4. The minimum atomic E-state index is -0.550. The second kappa shape index (κ2) is 8.55. The molecule has 1 aliphatic heterocycles. The molecule has 0 radical (unpaired) electrons. The summed E-state index contributed by atoms with van der Waals surface area (Å²) < 4.78 is 11.0. The first-order valence-electron chi connectivity index (χ1n) is 8.68. The van der Waals surface area contributed by atoms with E-state index in [4.69, 9.17) is 9.47 Å². The number of esters is 1. The Hall–Kier alpha value is -2.50. The predicted octanol–water partition coefficient (Wildman–Crippen LogP) is 3.45. The molecule has 1 aromatic carbocycles. The highest BCUT2D eigenvalue weighted by molar-refractivity contribution is 5.95. The van der Waals surface area contributed by atoms with Crippen molar-refractivity contribution in [3.8, 4) is 5.75 Å². The topological polar surface area (TPSA) is 76.7 Å². The first kappa shape index (κ1) is 18.8. The zero-order valence-electron chi connectivity index (χ0n) is 15.2. The molecule has 0 unspecified atom stereocenters. The van der Waals surface area contributed by atoms with Crippen LogP contribution in [0.25, 0.3) is 0 Å². The van der Waals surface area contributed by atoms with E-state index in [1.54, 1.807) is 6.92 Å². The number of benzene rings is 1. The molecule has 0 aliphatic carbocycles. The fraction of sp³-hybridized carbons (Fsp3) is 0.474. The van der Waals surface area contributed by atoms with Crippen LogP contribution < -0.4 is 15.4 Å². The molecule has 0 saturated heterocycles. The molecule has 0 spiro atoms. The Kier molecular flexibility index (Phi) is 6.44. The largest absolute Gasteiger partial charge is 0.494 e. The lowest BCUT2D eigenvalue weighted by Crippen LogP contribution is -2.45. The van der Waals surface area contributed by atoms with Gasteiger partial charge in [0.15, 0.2) is 0 Å². The van der Waals surface area contributed by atoms with Crippen molar-refractivity contribution >= 4 is 12.0 Å². The molecule has 1 heterocycles. The molecule has 136 valence electrons. The average molecular weight is 346 g/mol. The summed E-state index contributed by atoms with van der Waals surface area (Å²) in [5, 5.41) is 5.44. The van der Waals surface area contributed by atoms with Gasteiger partial charge >= 0.3 is 12.0 Å². The number of ether oxygens (including phenoxy) is 2. The van der Waals surface area contributed by atoms with Crippen LogP contribution >= 0.6 is 0 Å². The number of hydrogen-bond donors (Lipinski definition) is 2. The van der Waals surface area contributed by atoms with Crippen molar-refractivity contribution in [1.29, 1.82) is 0 Å². The summed E-state index contributed by atoms with van der Waals surface area (Å²) in [5.74, 6) is 0.339. The van der Waals surface area contributed by atoms with Gasteiger partial charge in [0.2, 0.25) is 0 Å². The Morgan fingerprint density at radius 3 is 2.52 bits per heavy atom. The number of carbonyl (C=O) groups is 2. The minimum Gasteiger partial charge on any atom is -0.494 e. The molecule has 6 nitrogen and oxygen atoms in total. The minimum absolute atomic E-state index is 0.184. The maximum absolute atomic E-state index is 12.6. The van der Waals surface area contributed by atoms with Crippen LogP contribution in [0.1, 0.15) is 52.1 Å². The summed E-state index contributed by atoms with van der Waals surface area (Å²) in [4.78, 5) is 24.5. The molecule has 0 aromatic heterocycles. The molecule has 2 rings (SSSR count). The summed E-state index contributed by atoms with van der Waals surface area (Å²) in [6.07, 6.45) is 1.47. The van der Waals surface area contributed by atoms with E-state index in [-0.39, 0.29) is 12.1 Å². The van der Waals surface area contributed by atoms with Crippen LogP contribution in [-0.4, -0.2) is 24.7 Å². The molecular formula is C19H26N2O4. The molecular weight excluding hydrogens is 320 g/mol. The second-order valence-corrected chi connectivity index (χ2v) is 6.11. The number of rotatable bonds is 7. The molecule has 2 N–H and O–H groups in total. The number of carbonyl (C=O) groups excluding carboxylic acids is 2. The van der Waals surface area contributed by atoms with E-state index < -0.39 is 12.0 Å². The lowest BCUT2D eigenvalue weighted by Gasteiger charge is -2.29. The fourth-order valence-corrected chi connectivity index (χ4v) is 2.52. The van der Waals surface area contributed by atoms with Crippen LogP contribution in [0.4, 0.5) is 4.79 Å². The second-order valence-electron chi connectivity index (χ2n) is 6.11. The van der Waals surface area contributed by atoms with Crippen LogP contribution in [-0.2, 0) is 9.53 Å². The quantitative estimate of drug-likeness (QED) is 0.742. The van der Waals surface area contributed by atoms with E-state index in [0.717, 1.165) is 24.2 Å². The number of nitrogens with one attached hydrogen (secondary N) is 2. The van der Waals surface area contributed by atoms with Gasteiger partial charge in [-0.15, -0.1) is 0 Å². The van der Waals surface area contributed by atoms with Gasteiger partial charge in [-0.3, -0.25) is 0 Å². The van der Waals surface area contributed by atoms with Gasteiger partial charge in [-0.25, -0.2) is 9.59 Å². The van der Waals surface area contributed by atoms with Gasteiger partial charge in [-0.1, -0.05) is 26.0 Å². The molecule has 0 fully saturated rings. The Morgan fingerprint density at radius 1 is 1.24 bits per heavy atom. The number of urea groups is 1. The summed E-state index contributed by atoms with van der Waals surface area (Å²) in [6.45, 7) is 8.19. The van der Waals surface area contributed by atoms with E-state index in [0.29, 0.717) is 17.9 Å². The third-order valence-corrected chi connectivity index (χ3v) is 4.06. The Bertz CT molecular complexity index is 652. The maximum atomic E-state index is 12.6. The van der Waals surface area contributed by atoms with Gasteiger partial charge in [0.25, 0.3) is 0 Å². The Balaban J connectivity index is 2.27. The third kappa shape index (κ3) is 4.75. The Morgan fingerprint density at radius 2 is 1.92 bits per heavy atom. The Labute approximate surface area is 148 Å². The van der Waals surface area contributed by atoms with Crippen molar-refractivity contribution in [2.24, 2.45) is 0 Å². The normalized spacial score (nSPS) is 18.2. The SMILES string of the molecule is CCCOc1ccc([C@H]2NC(=O)NC(C)=C2C(=O)O[C@H](C)CC)cc1. The highest BCUT2D eigenvalue weighted by atomic mass is 16.5. The van der Waals surface area contributed by atoms with E-state index in [1.807, 2.05) is 45.0 Å². The molecule has 6 heteroatoms.